The minimum absolute atomic E-state index is 0.197. The monoisotopic (exact) mass is 255 g/mol. The van der Waals surface area contributed by atoms with Gasteiger partial charge in [0.05, 0.1) is 0 Å². The molecule has 1 N–H and O–H groups in total. The Labute approximate surface area is 105 Å². The smallest absolute Gasteiger partial charge is 0.323 e. The number of carbonyl (C=O) groups is 2. The van der Waals surface area contributed by atoms with Crippen LogP contribution in [0.1, 0.15) is 19.8 Å². The fourth-order valence-corrected chi connectivity index (χ4v) is 1.55. The highest BCUT2D eigenvalue weighted by atomic mass is 35.5. The summed E-state index contributed by atoms with van der Waals surface area (Å²) in [5.74, 6) is -1.23. The normalized spacial score (nSPS) is 10.0. The molecule has 0 spiro atoms. The summed E-state index contributed by atoms with van der Waals surface area (Å²) in [7, 11) is 0. The molecule has 0 aliphatic heterocycles. The van der Waals surface area contributed by atoms with E-state index in [1.165, 1.54) is 4.90 Å². The number of carboxylic acid groups (broad SMARTS) is 1. The van der Waals surface area contributed by atoms with Crippen molar-refractivity contribution in [1.29, 1.82) is 0 Å². The summed E-state index contributed by atoms with van der Waals surface area (Å²) in [6.07, 6.45) is 1.01. The topological polar surface area (TPSA) is 57.6 Å². The number of hydrogen-bond acceptors (Lipinski definition) is 2. The second kappa shape index (κ2) is 6.25. The van der Waals surface area contributed by atoms with Gasteiger partial charge in [-0.15, -0.1) is 0 Å². The molecule has 0 heterocycles. The van der Waals surface area contributed by atoms with Crippen molar-refractivity contribution in [3.05, 3.63) is 29.3 Å². The first-order valence-corrected chi connectivity index (χ1v) is 5.70. The molecule has 0 aliphatic rings. The maximum absolute atomic E-state index is 11.8. The maximum Gasteiger partial charge on any atom is 0.323 e. The average molecular weight is 256 g/mol. The second-order valence-electron chi connectivity index (χ2n) is 3.60. The Balaban J connectivity index is 2.92. The van der Waals surface area contributed by atoms with Crippen molar-refractivity contribution in [2.45, 2.75) is 19.8 Å². The number of carboxylic acids is 1. The number of carbonyl (C=O) groups excluding carboxylic acids is 1. The highest BCUT2D eigenvalue weighted by Gasteiger charge is 2.17. The van der Waals surface area contributed by atoms with Gasteiger partial charge < -0.3 is 10.0 Å². The first-order chi connectivity index (χ1) is 8.04. The lowest BCUT2D eigenvalue weighted by Gasteiger charge is -2.20. The lowest BCUT2D eigenvalue weighted by molar-refractivity contribution is -0.136. The van der Waals surface area contributed by atoms with Crippen molar-refractivity contribution < 1.29 is 14.7 Å². The zero-order chi connectivity index (χ0) is 12.8. The van der Waals surface area contributed by atoms with Crippen LogP contribution in [0.3, 0.4) is 0 Å². The van der Waals surface area contributed by atoms with Crippen LogP contribution < -0.4 is 4.90 Å². The molecule has 1 rings (SSSR count). The number of rotatable bonds is 5. The lowest BCUT2D eigenvalue weighted by Crippen LogP contribution is -2.35. The van der Waals surface area contributed by atoms with Gasteiger partial charge in [0.1, 0.15) is 6.54 Å². The molecule has 0 aromatic heterocycles. The zero-order valence-electron chi connectivity index (χ0n) is 9.52. The summed E-state index contributed by atoms with van der Waals surface area (Å²) >= 11 is 5.74. The van der Waals surface area contributed by atoms with Gasteiger partial charge >= 0.3 is 5.97 Å². The molecule has 0 atom stereocenters. The molecule has 0 fully saturated rings. The molecule has 5 heteroatoms. The van der Waals surface area contributed by atoms with Gasteiger partial charge in [0.15, 0.2) is 0 Å². The van der Waals surface area contributed by atoms with Crippen LogP contribution in [0.25, 0.3) is 0 Å². The van der Waals surface area contributed by atoms with Gasteiger partial charge in [-0.05, 0) is 30.7 Å². The third kappa shape index (κ3) is 4.07. The number of anilines is 1. The molecule has 1 amide bonds. The zero-order valence-corrected chi connectivity index (χ0v) is 10.3. The fourth-order valence-electron chi connectivity index (χ4n) is 1.43. The number of halogens is 1. The first kappa shape index (κ1) is 13.5. The van der Waals surface area contributed by atoms with Crippen molar-refractivity contribution in [2.24, 2.45) is 0 Å². The van der Waals surface area contributed by atoms with Gasteiger partial charge in [0.2, 0.25) is 5.91 Å². The number of hydrogen-bond donors (Lipinski definition) is 1. The van der Waals surface area contributed by atoms with E-state index < -0.39 is 5.97 Å². The quantitative estimate of drug-likeness (QED) is 0.880. The lowest BCUT2D eigenvalue weighted by atomic mass is 10.2. The van der Waals surface area contributed by atoms with E-state index in [4.69, 9.17) is 16.7 Å². The molecular weight excluding hydrogens is 242 g/mol. The van der Waals surface area contributed by atoms with E-state index in [0.717, 1.165) is 0 Å². The summed E-state index contributed by atoms with van der Waals surface area (Å²) in [5.41, 5.74) is 0.551. The number of amides is 1. The molecule has 1 aromatic carbocycles. The van der Waals surface area contributed by atoms with Crippen LogP contribution in [-0.2, 0) is 9.59 Å². The third-order valence-corrected chi connectivity index (χ3v) is 2.45. The Morgan fingerprint density at radius 1 is 1.29 bits per heavy atom. The SMILES string of the molecule is CCCC(=O)N(CC(=O)O)c1ccc(Cl)cc1. The van der Waals surface area contributed by atoms with E-state index in [1.807, 2.05) is 6.92 Å². The van der Waals surface area contributed by atoms with Gasteiger partial charge in [-0.1, -0.05) is 18.5 Å². The predicted octanol–water partition coefficient (Wildman–Crippen LogP) is 2.56. The van der Waals surface area contributed by atoms with E-state index in [9.17, 15) is 9.59 Å². The molecule has 1 aromatic rings. The summed E-state index contributed by atoms with van der Waals surface area (Å²) in [6, 6.07) is 6.54. The molecular formula is C12H14ClNO3. The first-order valence-electron chi connectivity index (χ1n) is 5.32. The summed E-state index contributed by atoms with van der Waals surface area (Å²) in [5, 5.41) is 9.35. The van der Waals surface area contributed by atoms with Crippen LogP contribution in [-0.4, -0.2) is 23.5 Å². The van der Waals surface area contributed by atoms with Gasteiger partial charge in [-0.3, -0.25) is 9.59 Å². The standard InChI is InChI=1S/C12H14ClNO3/c1-2-3-11(15)14(8-12(16)17)10-6-4-9(13)5-7-10/h4-7H,2-3,8H2,1H3,(H,16,17). The van der Waals surface area contributed by atoms with Crippen molar-refractivity contribution in [2.75, 3.05) is 11.4 Å². The fraction of sp³-hybridized carbons (Fsp3) is 0.333. The molecule has 0 saturated heterocycles. The van der Waals surface area contributed by atoms with Gasteiger partial charge in [-0.2, -0.15) is 0 Å². The van der Waals surface area contributed by atoms with Crippen molar-refractivity contribution in [3.8, 4) is 0 Å². The maximum atomic E-state index is 11.8. The molecule has 0 aliphatic carbocycles. The van der Waals surface area contributed by atoms with E-state index in [1.54, 1.807) is 24.3 Å². The van der Waals surface area contributed by atoms with E-state index in [-0.39, 0.29) is 12.5 Å². The highest BCUT2D eigenvalue weighted by Crippen LogP contribution is 2.19. The molecule has 0 unspecified atom stereocenters. The Morgan fingerprint density at radius 2 is 1.88 bits per heavy atom. The van der Waals surface area contributed by atoms with Gasteiger partial charge in [0.25, 0.3) is 0 Å². The Kier molecular flexibility index (Phi) is 4.97. The van der Waals surface area contributed by atoms with Crippen molar-refractivity contribution in [1.82, 2.24) is 0 Å². The van der Waals surface area contributed by atoms with Crippen LogP contribution in [0.5, 0.6) is 0 Å². The van der Waals surface area contributed by atoms with Gasteiger partial charge in [-0.25, -0.2) is 0 Å². The van der Waals surface area contributed by atoms with Crippen molar-refractivity contribution >= 4 is 29.2 Å². The van der Waals surface area contributed by atoms with Crippen LogP contribution >= 0.6 is 11.6 Å². The Bertz CT molecular complexity index is 403. The molecule has 0 saturated carbocycles. The Morgan fingerprint density at radius 3 is 2.35 bits per heavy atom. The predicted molar refractivity (Wildman–Crippen MR) is 66.3 cm³/mol. The van der Waals surface area contributed by atoms with Crippen molar-refractivity contribution in [3.63, 3.8) is 0 Å². The molecule has 0 bridgehead atoms. The molecule has 0 radical (unpaired) electrons. The average Bonchev–Trinajstić information content (AvgIpc) is 2.27. The minimum atomic E-state index is -1.04. The minimum Gasteiger partial charge on any atom is -0.480 e. The summed E-state index contributed by atoms with van der Waals surface area (Å²) in [6.45, 7) is 1.54. The van der Waals surface area contributed by atoms with Crippen LogP contribution in [0.2, 0.25) is 5.02 Å². The second-order valence-corrected chi connectivity index (χ2v) is 4.04. The molecule has 92 valence electrons. The molecule has 17 heavy (non-hydrogen) atoms. The van der Waals surface area contributed by atoms with Gasteiger partial charge in [0, 0.05) is 17.1 Å². The van der Waals surface area contributed by atoms with Crippen LogP contribution in [0.15, 0.2) is 24.3 Å². The summed E-state index contributed by atoms with van der Waals surface area (Å²) in [4.78, 5) is 23.8. The third-order valence-electron chi connectivity index (χ3n) is 2.20. The number of aliphatic carboxylic acids is 1. The van der Waals surface area contributed by atoms with Crippen LogP contribution in [0, 0.1) is 0 Å². The molecule has 4 nitrogen and oxygen atoms in total. The highest BCUT2D eigenvalue weighted by molar-refractivity contribution is 6.30. The Hall–Kier alpha value is -1.55. The number of nitrogens with zero attached hydrogens (tertiary/aromatic N) is 1. The van der Waals surface area contributed by atoms with E-state index in [0.29, 0.717) is 23.6 Å². The van der Waals surface area contributed by atoms with Crippen LogP contribution in [0.4, 0.5) is 5.69 Å². The van der Waals surface area contributed by atoms with E-state index in [2.05, 4.69) is 0 Å². The summed E-state index contributed by atoms with van der Waals surface area (Å²) < 4.78 is 0. The largest absolute Gasteiger partial charge is 0.480 e. The number of benzene rings is 1. The van der Waals surface area contributed by atoms with E-state index >= 15 is 0 Å².